The number of aryl methyl sites for hydroxylation is 1. The Bertz CT molecular complexity index is 699. The Morgan fingerprint density at radius 2 is 2.09 bits per heavy atom. The minimum atomic E-state index is -0.0467. The number of hydrogen-bond acceptors (Lipinski definition) is 2. The van der Waals surface area contributed by atoms with Gasteiger partial charge in [0.2, 0.25) is 0 Å². The van der Waals surface area contributed by atoms with E-state index in [2.05, 4.69) is 23.5 Å². The number of methoxy groups -OCH3 is 1. The van der Waals surface area contributed by atoms with Crippen molar-refractivity contribution < 1.29 is 9.53 Å². The minimum Gasteiger partial charge on any atom is -0.497 e. The molecule has 0 spiro atoms. The van der Waals surface area contributed by atoms with Gasteiger partial charge >= 0.3 is 6.03 Å². The molecule has 1 aliphatic rings. The first-order valence-electron chi connectivity index (χ1n) is 7.89. The number of fused-ring (bicyclic) bond motifs is 1. The normalized spacial score (nSPS) is 15.8. The summed E-state index contributed by atoms with van der Waals surface area (Å²) in [4.78, 5) is 14.2. The molecule has 0 aromatic heterocycles. The third-order valence-electron chi connectivity index (χ3n) is 4.33. The van der Waals surface area contributed by atoms with E-state index in [0.29, 0.717) is 6.54 Å². The molecule has 1 unspecified atom stereocenters. The zero-order valence-corrected chi connectivity index (χ0v) is 13.6. The van der Waals surface area contributed by atoms with E-state index in [9.17, 15) is 4.79 Å². The van der Waals surface area contributed by atoms with E-state index < -0.39 is 0 Å². The maximum absolute atomic E-state index is 12.5. The first-order chi connectivity index (χ1) is 11.2. The summed E-state index contributed by atoms with van der Waals surface area (Å²) in [5, 5.41) is 3.14. The Kier molecular flexibility index (Phi) is 4.51. The van der Waals surface area contributed by atoms with Crippen LogP contribution in [0.1, 0.15) is 29.2 Å². The van der Waals surface area contributed by atoms with Gasteiger partial charge in [-0.3, -0.25) is 0 Å². The van der Waals surface area contributed by atoms with Gasteiger partial charge in [0.25, 0.3) is 0 Å². The van der Waals surface area contributed by atoms with E-state index in [1.54, 1.807) is 12.0 Å². The third-order valence-corrected chi connectivity index (χ3v) is 4.33. The highest BCUT2D eigenvalue weighted by molar-refractivity contribution is 5.74. The second kappa shape index (κ2) is 6.73. The molecule has 2 aromatic rings. The number of benzene rings is 2. The van der Waals surface area contributed by atoms with Gasteiger partial charge in [-0.25, -0.2) is 4.79 Å². The molecule has 3 rings (SSSR count). The maximum Gasteiger partial charge on any atom is 0.317 e. The summed E-state index contributed by atoms with van der Waals surface area (Å²) in [6.07, 6.45) is 2.00. The number of ether oxygens (including phenoxy) is 1. The van der Waals surface area contributed by atoms with Crippen LogP contribution in [0.3, 0.4) is 0 Å². The molecule has 23 heavy (non-hydrogen) atoms. The lowest BCUT2D eigenvalue weighted by Gasteiger charge is -2.22. The van der Waals surface area contributed by atoms with Gasteiger partial charge in [-0.15, -0.1) is 0 Å². The van der Waals surface area contributed by atoms with Crippen LogP contribution in [0.2, 0.25) is 0 Å². The predicted molar refractivity (Wildman–Crippen MR) is 90.5 cm³/mol. The lowest BCUT2D eigenvalue weighted by Crippen LogP contribution is -2.38. The van der Waals surface area contributed by atoms with Crippen LogP contribution in [0.4, 0.5) is 4.79 Å². The Balaban J connectivity index is 1.62. The van der Waals surface area contributed by atoms with Crippen LogP contribution in [0.15, 0.2) is 48.5 Å². The van der Waals surface area contributed by atoms with Crippen LogP contribution in [-0.2, 0) is 13.0 Å². The van der Waals surface area contributed by atoms with E-state index >= 15 is 0 Å². The molecule has 0 radical (unpaired) electrons. The molecule has 2 aromatic carbocycles. The molecular formula is C19H22N2O2. The SMILES string of the molecule is COc1cccc(CN(C)C(=O)NC2CCc3ccccc32)c1. The zero-order chi connectivity index (χ0) is 16.2. The van der Waals surface area contributed by atoms with Crippen LogP contribution in [0.25, 0.3) is 0 Å². The van der Waals surface area contributed by atoms with Gasteiger partial charge in [-0.2, -0.15) is 0 Å². The fourth-order valence-corrected chi connectivity index (χ4v) is 3.08. The fourth-order valence-electron chi connectivity index (χ4n) is 3.08. The van der Waals surface area contributed by atoms with Crippen LogP contribution >= 0.6 is 0 Å². The Hall–Kier alpha value is -2.49. The number of carbonyl (C=O) groups is 1. The molecule has 120 valence electrons. The number of nitrogens with one attached hydrogen (secondary N) is 1. The van der Waals surface area contributed by atoms with Crippen molar-refractivity contribution in [2.24, 2.45) is 0 Å². The molecule has 0 saturated carbocycles. The molecule has 4 nitrogen and oxygen atoms in total. The maximum atomic E-state index is 12.5. The smallest absolute Gasteiger partial charge is 0.317 e. The van der Waals surface area contributed by atoms with E-state index in [1.165, 1.54) is 11.1 Å². The van der Waals surface area contributed by atoms with Crippen molar-refractivity contribution in [2.75, 3.05) is 14.2 Å². The van der Waals surface area contributed by atoms with Crippen molar-refractivity contribution in [1.82, 2.24) is 10.2 Å². The fraction of sp³-hybridized carbons (Fsp3) is 0.316. The molecular weight excluding hydrogens is 288 g/mol. The highest BCUT2D eigenvalue weighted by Gasteiger charge is 2.24. The van der Waals surface area contributed by atoms with E-state index in [-0.39, 0.29) is 12.1 Å². The van der Waals surface area contributed by atoms with Crippen LogP contribution in [0, 0.1) is 0 Å². The van der Waals surface area contributed by atoms with Crippen molar-refractivity contribution in [3.63, 3.8) is 0 Å². The molecule has 2 amide bonds. The van der Waals surface area contributed by atoms with Crippen molar-refractivity contribution in [3.8, 4) is 5.75 Å². The molecule has 0 heterocycles. The average molecular weight is 310 g/mol. The largest absolute Gasteiger partial charge is 0.497 e. The second-order valence-electron chi connectivity index (χ2n) is 5.95. The number of amides is 2. The van der Waals surface area contributed by atoms with E-state index in [1.807, 2.05) is 37.4 Å². The summed E-state index contributed by atoms with van der Waals surface area (Å²) in [6.45, 7) is 0.553. The van der Waals surface area contributed by atoms with Gasteiger partial charge in [0.05, 0.1) is 13.2 Å². The van der Waals surface area contributed by atoms with Crippen molar-refractivity contribution in [2.45, 2.75) is 25.4 Å². The summed E-state index contributed by atoms with van der Waals surface area (Å²) in [6, 6.07) is 16.2. The second-order valence-corrected chi connectivity index (χ2v) is 5.95. The number of carbonyl (C=O) groups excluding carboxylic acids is 1. The molecule has 1 N–H and O–H groups in total. The lowest BCUT2D eigenvalue weighted by molar-refractivity contribution is 0.202. The third kappa shape index (κ3) is 3.47. The van der Waals surface area contributed by atoms with Gasteiger partial charge in [0.15, 0.2) is 0 Å². The van der Waals surface area contributed by atoms with Crippen molar-refractivity contribution in [1.29, 1.82) is 0 Å². The number of hydrogen-bond donors (Lipinski definition) is 1. The molecule has 1 aliphatic carbocycles. The average Bonchev–Trinajstić information content (AvgIpc) is 2.98. The van der Waals surface area contributed by atoms with Crippen LogP contribution in [-0.4, -0.2) is 25.1 Å². The molecule has 4 heteroatoms. The summed E-state index contributed by atoms with van der Waals surface area (Å²) < 4.78 is 5.22. The topological polar surface area (TPSA) is 41.6 Å². The van der Waals surface area contributed by atoms with Crippen LogP contribution in [0.5, 0.6) is 5.75 Å². The number of rotatable bonds is 4. The number of urea groups is 1. The van der Waals surface area contributed by atoms with Crippen LogP contribution < -0.4 is 10.1 Å². The summed E-state index contributed by atoms with van der Waals surface area (Å²) >= 11 is 0. The van der Waals surface area contributed by atoms with Gasteiger partial charge in [-0.05, 0) is 41.7 Å². The summed E-state index contributed by atoms with van der Waals surface area (Å²) in [7, 11) is 3.46. The summed E-state index contributed by atoms with van der Waals surface area (Å²) in [5.41, 5.74) is 3.64. The van der Waals surface area contributed by atoms with E-state index in [0.717, 1.165) is 24.2 Å². The Morgan fingerprint density at radius 3 is 2.91 bits per heavy atom. The summed E-state index contributed by atoms with van der Waals surface area (Å²) in [5.74, 6) is 0.807. The minimum absolute atomic E-state index is 0.0467. The first-order valence-corrected chi connectivity index (χ1v) is 7.89. The highest BCUT2D eigenvalue weighted by Crippen LogP contribution is 2.30. The highest BCUT2D eigenvalue weighted by atomic mass is 16.5. The number of nitrogens with zero attached hydrogens (tertiary/aromatic N) is 1. The van der Waals surface area contributed by atoms with Gasteiger partial charge in [0, 0.05) is 13.6 Å². The van der Waals surface area contributed by atoms with Gasteiger partial charge in [0.1, 0.15) is 5.75 Å². The molecule has 0 bridgehead atoms. The van der Waals surface area contributed by atoms with Crippen molar-refractivity contribution >= 4 is 6.03 Å². The predicted octanol–water partition coefficient (Wildman–Crippen LogP) is 3.52. The Labute approximate surface area is 137 Å². The standard InChI is InChI=1S/C19H22N2O2/c1-21(13-14-6-5-8-16(12-14)23-2)19(22)20-18-11-10-15-7-3-4-9-17(15)18/h3-9,12,18H,10-11,13H2,1-2H3,(H,20,22). The monoisotopic (exact) mass is 310 g/mol. The molecule has 0 aliphatic heterocycles. The quantitative estimate of drug-likeness (QED) is 0.938. The Morgan fingerprint density at radius 1 is 1.26 bits per heavy atom. The molecule has 1 atom stereocenters. The van der Waals surface area contributed by atoms with Crippen molar-refractivity contribution in [3.05, 3.63) is 65.2 Å². The van der Waals surface area contributed by atoms with E-state index in [4.69, 9.17) is 4.74 Å². The zero-order valence-electron chi connectivity index (χ0n) is 13.6. The lowest BCUT2D eigenvalue weighted by atomic mass is 10.1. The molecule has 0 fully saturated rings. The van der Waals surface area contributed by atoms with Gasteiger partial charge in [-0.1, -0.05) is 36.4 Å². The molecule has 0 saturated heterocycles. The van der Waals surface area contributed by atoms with Gasteiger partial charge < -0.3 is 15.0 Å². The first kappa shape index (κ1) is 15.4.